The Morgan fingerprint density at radius 1 is 0.426 bits per heavy atom. The minimum absolute atomic E-state index is 0.283. The van der Waals surface area contributed by atoms with Crippen molar-refractivity contribution in [1.82, 2.24) is 20.6 Å². The van der Waals surface area contributed by atoms with Crippen molar-refractivity contribution in [3.63, 3.8) is 0 Å². The number of hydrogen-bond donors (Lipinski definition) is 4. The van der Waals surface area contributed by atoms with Crippen LogP contribution in [0.1, 0.15) is 122 Å². The number of aromatic nitrogens is 2. The Morgan fingerprint density at radius 3 is 0.889 bits per heavy atom. The molecule has 0 fully saturated rings. The third kappa shape index (κ3) is 32.8. The number of amides is 4. The largest absolute Gasteiger partial charge is 0.439 e. The molecule has 10 heteroatoms. The second kappa shape index (κ2) is 47.9. The van der Waals surface area contributed by atoms with Crippen molar-refractivity contribution in [2.24, 2.45) is 0 Å². The molecule has 0 saturated heterocycles. The first-order chi connectivity index (χ1) is 26.3. The highest BCUT2D eigenvalue weighted by Crippen LogP contribution is 2.22. The first kappa shape index (κ1) is 60.9. The minimum atomic E-state index is -0.283. The number of ether oxygens (including phenoxy) is 2. The minimum Gasteiger partial charge on any atom is -0.439 e. The van der Waals surface area contributed by atoms with Crippen LogP contribution in [0.25, 0.3) is 0 Å². The summed E-state index contributed by atoms with van der Waals surface area (Å²) >= 11 is 0. The number of rotatable bonds is 6. The van der Waals surface area contributed by atoms with Gasteiger partial charge in [-0.2, -0.15) is 0 Å². The van der Waals surface area contributed by atoms with Crippen LogP contribution in [-0.2, 0) is 0 Å². The van der Waals surface area contributed by atoms with Gasteiger partial charge in [0, 0.05) is 26.2 Å². The first-order valence-corrected chi connectivity index (χ1v) is 19.7. The van der Waals surface area contributed by atoms with E-state index >= 15 is 0 Å². The van der Waals surface area contributed by atoms with Crippen LogP contribution in [0.5, 0.6) is 23.3 Å². The summed E-state index contributed by atoms with van der Waals surface area (Å²) in [4.78, 5) is 30.5. The van der Waals surface area contributed by atoms with Crippen molar-refractivity contribution >= 4 is 23.4 Å². The van der Waals surface area contributed by atoms with Gasteiger partial charge >= 0.3 is 12.1 Å². The lowest BCUT2D eigenvalue weighted by atomic mass is 10.2. The van der Waals surface area contributed by atoms with Crippen LogP contribution in [0.15, 0.2) is 85.2 Å². The van der Waals surface area contributed by atoms with Gasteiger partial charge < -0.3 is 30.7 Å². The zero-order valence-electron chi connectivity index (χ0n) is 37.6. The van der Waals surface area contributed by atoms with E-state index in [9.17, 15) is 9.59 Å². The lowest BCUT2D eigenvalue weighted by Crippen LogP contribution is -2.24. The van der Waals surface area contributed by atoms with Gasteiger partial charge in [0.15, 0.2) is 0 Å². The zero-order valence-corrected chi connectivity index (χ0v) is 37.6. The Labute approximate surface area is 331 Å². The summed E-state index contributed by atoms with van der Waals surface area (Å²) in [6.45, 7) is 36.0. The van der Waals surface area contributed by atoms with Gasteiger partial charge in [0.1, 0.15) is 11.5 Å². The number of hydrogen-bond acceptors (Lipinski definition) is 6. The molecular formula is C44H78N6O4. The fourth-order valence-corrected chi connectivity index (χ4v) is 2.87. The lowest BCUT2D eigenvalue weighted by molar-refractivity contribution is 0.253. The van der Waals surface area contributed by atoms with E-state index in [1.807, 2.05) is 173 Å². The van der Waals surface area contributed by atoms with Gasteiger partial charge in [-0.15, -0.1) is 0 Å². The van der Waals surface area contributed by atoms with Crippen LogP contribution in [0.3, 0.4) is 0 Å². The van der Waals surface area contributed by atoms with Gasteiger partial charge in [-0.05, 0) is 50.2 Å². The van der Waals surface area contributed by atoms with E-state index in [0.29, 0.717) is 23.1 Å². The van der Waals surface area contributed by atoms with E-state index < -0.39 is 0 Å². The molecule has 0 spiro atoms. The molecular weight excluding hydrogens is 677 g/mol. The molecule has 0 atom stereocenters. The number of nitrogens with zero attached hydrogens (tertiary/aromatic N) is 2. The molecule has 2 aromatic carbocycles. The SMILES string of the molecule is CC.CC.CC.CC.CC.CC.CC.CC.CNC(=O)Nc1ccc(Oc2ccc(C)cc2)nc1.CNC(=O)Nc1ccc(Oc2ccc(C)cc2)nc1. The fourth-order valence-electron chi connectivity index (χ4n) is 2.87. The molecule has 4 aromatic rings. The number of carbonyl (C=O) groups is 2. The standard InChI is InChI=1S/2C14H15N3O2.8C2H6/c2*1-10-3-6-12(7-4-10)19-13-8-5-11(9-16-13)17-14(18)15-2;8*1-2/h2*3-9H,1-2H3,(H2,15,17,18);8*1-2H3. The predicted molar refractivity (Wildman–Crippen MR) is 238 cm³/mol. The quantitative estimate of drug-likeness (QED) is 0.155. The molecule has 0 radical (unpaired) electrons. The molecule has 0 saturated carbocycles. The highest BCUT2D eigenvalue weighted by atomic mass is 16.5. The normalized spacial score (nSPS) is 7.78. The Kier molecular flexibility index (Phi) is 54.0. The molecule has 10 nitrogen and oxygen atoms in total. The Hall–Kier alpha value is -5.12. The average Bonchev–Trinajstić information content (AvgIpc) is 3.27. The molecule has 0 aliphatic carbocycles. The molecule has 54 heavy (non-hydrogen) atoms. The maximum absolute atomic E-state index is 11.1. The summed E-state index contributed by atoms with van der Waals surface area (Å²) in [6.07, 6.45) is 3.08. The monoisotopic (exact) mass is 755 g/mol. The molecule has 308 valence electrons. The van der Waals surface area contributed by atoms with Crippen molar-refractivity contribution in [2.75, 3.05) is 24.7 Å². The van der Waals surface area contributed by atoms with Crippen LogP contribution in [0.4, 0.5) is 21.0 Å². The third-order valence-corrected chi connectivity index (χ3v) is 4.93. The van der Waals surface area contributed by atoms with Crippen LogP contribution in [-0.4, -0.2) is 36.1 Å². The van der Waals surface area contributed by atoms with E-state index in [0.717, 1.165) is 11.5 Å². The lowest BCUT2D eigenvalue weighted by Gasteiger charge is -2.07. The molecule has 2 aromatic heterocycles. The summed E-state index contributed by atoms with van der Waals surface area (Å²) in [5, 5.41) is 10.2. The fraction of sp³-hybridized carbons (Fsp3) is 0.455. The van der Waals surface area contributed by atoms with Gasteiger partial charge in [-0.3, -0.25) is 0 Å². The first-order valence-electron chi connectivity index (χ1n) is 19.7. The number of nitrogens with one attached hydrogen (secondary N) is 4. The molecule has 2 heterocycles. The average molecular weight is 755 g/mol. The van der Waals surface area contributed by atoms with Crippen molar-refractivity contribution in [3.8, 4) is 23.3 Å². The Morgan fingerprint density at radius 2 is 0.685 bits per heavy atom. The molecule has 0 bridgehead atoms. The maximum atomic E-state index is 11.1. The van der Waals surface area contributed by atoms with Gasteiger partial charge in [-0.25, -0.2) is 19.6 Å². The highest BCUT2D eigenvalue weighted by Gasteiger charge is 2.03. The number of benzene rings is 2. The van der Waals surface area contributed by atoms with Gasteiger partial charge in [0.05, 0.1) is 23.8 Å². The smallest absolute Gasteiger partial charge is 0.319 e. The molecule has 0 aliphatic rings. The molecule has 0 unspecified atom stereocenters. The summed E-state index contributed by atoms with van der Waals surface area (Å²) < 4.78 is 11.2. The number of anilines is 2. The molecule has 4 rings (SSSR count). The number of aryl methyl sites for hydroxylation is 2. The van der Waals surface area contributed by atoms with Crippen molar-refractivity contribution in [3.05, 3.63) is 96.3 Å². The zero-order chi connectivity index (χ0) is 43.3. The Balaban J connectivity index is -0.000000156. The number of pyridine rings is 2. The Bertz CT molecular complexity index is 1210. The van der Waals surface area contributed by atoms with Crippen molar-refractivity contribution < 1.29 is 19.1 Å². The number of carbonyl (C=O) groups excluding carboxylic acids is 2. The summed E-state index contributed by atoms with van der Waals surface area (Å²) in [7, 11) is 3.11. The second-order valence-electron chi connectivity index (χ2n) is 8.01. The maximum Gasteiger partial charge on any atom is 0.319 e. The van der Waals surface area contributed by atoms with Gasteiger partial charge in [0.25, 0.3) is 0 Å². The van der Waals surface area contributed by atoms with Gasteiger partial charge in [-0.1, -0.05) is 146 Å². The van der Waals surface area contributed by atoms with Crippen LogP contribution in [0, 0.1) is 13.8 Å². The van der Waals surface area contributed by atoms with E-state index in [-0.39, 0.29) is 12.1 Å². The van der Waals surface area contributed by atoms with Crippen molar-refractivity contribution in [2.45, 2.75) is 125 Å². The molecule has 4 amide bonds. The van der Waals surface area contributed by atoms with Gasteiger partial charge in [0.2, 0.25) is 11.8 Å². The van der Waals surface area contributed by atoms with E-state index in [2.05, 4.69) is 31.2 Å². The predicted octanol–water partition coefficient (Wildman–Crippen LogP) is 14.1. The second-order valence-corrected chi connectivity index (χ2v) is 8.01. The van der Waals surface area contributed by atoms with Crippen LogP contribution in [0.2, 0.25) is 0 Å². The van der Waals surface area contributed by atoms with Crippen molar-refractivity contribution in [1.29, 1.82) is 0 Å². The molecule has 0 aliphatic heterocycles. The molecule has 4 N–H and O–H groups in total. The number of urea groups is 2. The summed E-state index contributed by atoms with van der Waals surface area (Å²) in [6, 6.07) is 21.7. The van der Waals surface area contributed by atoms with E-state index in [4.69, 9.17) is 9.47 Å². The van der Waals surface area contributed by atoms with E-state index in [1.165, 1.54) is 11.1 Å². The van der Waals surface area contributed by atoms with Crippen LogP contribution < -0.4 is 30.7 Å². The summed E-state index contributed by atoms with van der Waals surface area (Å²) in [5.41, 5.74) is 3.56. The summed E-state index contributed by atoms with van der Waals surface area (Å²) in [5.74, 6) is 2.41. The highest BCUT2D eigenvalue weighted by molar-refractivity contribution is 5.89. The van der Waals surface area contributed by atoms with E-state index in [1.54, 1.807) is 50.8 Å². The van der Waals surface area contributed by atoms with Crippen LogP contribution >= 0.6 is 0 Å². The topological polar surface area (TPSA) is 126 Å². The third-order valence-electron chi connectivity index (χ3n) is 4.93.